The van der Waals surface area contributed by atoms with E-state index < -0.39 is 6.04 Å². The number of aryl methyl sites for hydroxylation is 1. The van der Waals surface area contributed by atoms with Crippen molar-refractivity contribution in [1.82, 2.24) is 14.8 Å². The fourth-order valence-corrected chi connectivity index (χ4v) is 4.39. The van der Waals surface area contributed by atoms with Gasteiger partial charge in [-0.1, -0.05) is 55.8 Å². The van der Waals surface area contributed by atoms with Gasteiger partial charge in [0.05, 0.1) is 0 Å². The molecule has 1 aliphatic heterocycles. The minimum Gasteiger partial charge on any atom is -0.328 e. The Morgan fingerprint density at radius 1 is 1.07 bits per heavy atom. The summed E-state index contributed by atoms with van der Waals surface area (Å²) in [4.78, 5) is 17.9. The highest BCUT2D eigenvalue weighted by molar-refractivity contribution is 6.00. The van der Waals surface area contributed by atoms with Gasteiger partial charge in [-0.05, 0) is 36.5 Å². The van der Waals surface area contributed by atoms with Crippen LogP contribution in [0, 0.1) is 18.2 Å². The first-order valence-corrected chi connectivity index (χ1v) is 10.1. The molecule has 30 heavy (non-hydrogen) atoms. The summed E-state index contributed by atoms with van der Waals surface area (Å²) < 4.78 is 15.4. The lowest BCUT2D eigenvalue weighted by atomic mass is 9.73. The number of halogens is 1. The van der Waals surface area contributed by atoms with Crippen LogP contribution in [0.15, 0.2) is 59.8 Å². The number of carbonyl (C=O) groups excluding carboxylic acids is 1. The third-order valence-electron chi connectivity index (χ3n) is 5.83. The number of aromatic nitrogens is 3. The number of hydrogen-bond acceptors (Lipinski definition) is 4. The van der Waals surface area contributed by atoms with Gasteiger partial charge in [-0.25, -0.2) is 9.07 Å². The first-order chi connectivity index (χ1) is 14.3. The van der Waals surface area contributed by atoms with Crippen molar-refractivity contribution in [3.05, 3.63) is 76.7 Å². The Labute approximate surface area is 174 Å². The highest BCUT2D eigenvalue weighted by Crippen LogP contribution is 2.45. The van der Waals surface area contributed by atoms with Crippen LogP contribution in [0.2, 0.25) is 0 Å². The maximum absolute atomic E-state index is 13.6. The molecule has 5 rings (SSSR count). The van der Waals surface area contributed by atoms with Crippen LogP contribution < -0.4 is 5.32 Å². The molecule has 1 aromatic heterocycles. The zero-order chi connectivity index (χ0) is 21.0. The van der Waals surface area contributed by atoms with Crippen molar-refractivity contribution in [2.24, 2.45) is 5.41 Å². The standard InChI is InChI=1S/C24H23FN4O/c1-14-4-6-16(7-5-14)22-27-23-26-18-12-24(2,3)13-19(30)20(18)21(29(23)28-22)15-8-10-17(25)11-9-15/h4-11,21H,12-13H2,1-3H3,(H,26,27,28). The summed E-state index contributed by atoms with van der Waals surface area (Å²) in [6.07, 6.45) is 1.22. The molecule has 0 amide bonds. The molecule has 1 aliphatic carbocycles. The molecule has 0 bridgehead atoms. The number of benzene rings is 2. The molecule has 152 valence electrons. The summed E-state index contributed by atoms with van der Waals surface area (Å²) in [6, 6.07) is 13.9. The summed E-state index contributed by atoms with van der Waals surface area (Å²) in [5.41, 5.74) is 4.36. The van der Waals surface area contributed by atoms with Crippen LogP contribution in [-0.2, 0) is 4.79 Å². The number of nitrogens with zero attached hydrogens (tertiary/aromatic N) is 3. The minimum absolute atomic E-state index is 0.0983. The fraction of sp³-hybridized carbons (Fsp3) is 0.292. The third-order valence-corrected chi connectivity index (χ3v) is 5.83. The first kappa shape index (κ1) is 18.7. The molecule has 2 aromatic carbocycles. The number of Topliss-reactive ketones (excluding diaryl/α,β-unsaturated/α-hetero) is 1. The maximum Gasteiger partial charge on any atom is 0.226 e. The van der Waals surface area contributed by atoms with Crippen LogP contribution in [0.3, 0.4) is 0 Å². The van der Waals surface area contributed by atoms with Crippen molar-refractivity contribution in [3.63, 3.8) is 0 Å². The minimum atomic E-state index is -0.424. The van der Waals surface area contributed by atoms with Crippen molar-refractivity contribution >= 4 is 11.7 Å². The number of fused-ring (bicyclic) bond motifs is 1. The summed E-state index contributed by atoms with van der Waals surface area (Å²) in [5.74, 6) is 0.985. The van der Waals surface area contributed by atoms with E-state index in [9.17, 15) is 9.18 Å². The Kier molecular flexibility index (Phi) is 4.13. The molecule has 1 N–H and O–H groups in total. The average Bonchev–Trinajstić information content (AvgIpc) is 3.10. The van der Waals surface area contributed by atoms with E-state index in [1.165, 1.54) is 12.1 Å². The summed E-state index contributed by atoms with van der Waals surface area (Å²) in [7, 11) is 0. The van der Waals surface area contributed by atoms with Crippen molar-refractivity contribution < 1.29 is 9.18 Å². The van der Waals surface area contributed by atoms with E-state index in [1.807, 2.05) is 31.2 Å². The maximum atomic E-state index is 13.6. The van der Waals surface area contributed by atoms with Crippen molar-refractivity contribution in [2.45, 2.75) is 39.7 Å². The van der Waals surface area contributed by atoms with E-state index in [1.54, 1.807) is 16.8 Å². The second-order valence-electron chi connectivity index (χ2n) is 8.98. The monoisotopic (exact) mass is 402 g/mol. The van der Waals surface area contributed by atoms with Crippen LogP contribution in [0.5, 0.6) is 0 Å². The molecule has 1 unspecified atom stereocenters. The van der Waals surface area contributed by atoms with Crippen LogP contribution in [0.25, 0.3) is 11.4 Å². The Morgan fingerprint density at radius 3 is 2.47 bits per heavy atom. The summed E-state index contributed by atoms with van der Waals surface area (Å²) >= 11 is 0. The number of allylic oxidation sites excluding steroid dienone is 2. The van der Waals surface area contributed by atoms with Crippen LogP contribution >= 0.6 is 0 Å². The van der Waals surface area contributed by atoms with Crippen molar-refractivity contribution in [1.29, 1.82) is 0 Å². The molecule has 6 heteroatoms. The molecule has 2 heterocycles. The van der Waals surface area contributed by atoms with Gasteiger partial charge < -0.3 is 5.32 Å². The van der Waals surface area contributed by atoms with Gasteiger partial charge in [0.2, 0.25) is 5.95 Å². The molecule has 5 nitrogen and oxygen atoms in total. The van der Waals surface area contributed by atoms with Gasteiger partial charge in [-0.15, -0.1) is 5.10 Å². The average molecular weight is 402 g/mol. The van der Waals surface area contributed by atoms with Gasteiger partial charge in [0.1, 0.15) is 11.9 Å². The lowest BCUT2D eigenvalue weighted by Crippen LogP contribution is -2.36. The number of rotatable bonds is 2. The van der Waals surface area contributed by atoms with Crippen molar-refractivity contribution in [3.8, 4) is 11.4 Å². The van der Waals surface area contributed by atoms with Crippen molar-refractivity contribution in [2.75, 3.05) is 5.32 Å². The molecule has 0 radical (unpaired) electrons. The van der Waals surface area contributed by atoms with Gasteiger partial charge in [0.15, 0.2) is 11.6 Å². The predicted octanol–water partition coefficient (Wildman–Crippen LogP) is 5.05. The second-order valence-corrected chi connectivity index (χ2v) is 8.98. The smallest absolute Gasteiger partial charge is 0.226 e. The largest absolute Gasteiger partial charge is 0.328 e. The normalized spacial score (nSPS) is 19.9. The Bertz CT molecular complexity index is 1170. The SMILES string of the molecule is Cc1ccc(-c2nc3n(n2)C(c2ccc(F)cc2)C2=C(CC(C)(C)CC2=O)N3)cc1. The summed E-state index contributed by atoms with van der Waals surface area (Å²) in [6.45, 7) is 6.23. The van der Waals surface area contributed by atoms with E-state index in [0.29, 0.717) is 23.8 Å². The highest BCUT2D eigenvalue weighted by atomic mass is 19.1. The van der Waals surface area contributed by atoms with Gasteiger partial charge in [-0.2, -0.15) is 4.98 Å². The number of ketones is 1. The van der Waals surface area contributed by atoms with E-state index >= 15 is 0 Å². The zero-order valence-corrected chi connectivity index (χ0v) is 17.2. The number of nitrogens with one attached hydrogen (secondary N) is 1. The lowest BCUT2D eigenvalue weighted by molar-refractivity contribution is -0.118. The van der Waals surface area contributed by atoms with E-state index in [2.05, 4.69) is 19.2 Å². The van der Waals surface area contributed by atoms with Crippen LogP contribution in [0.1, 0.15) is 43.9 Å². The van der Waals surface area contributed by atoms with E-state index in [-0.39, 0.29) is 17.0 Å². The molecule has 3 aromatic rings. The Balaban J connectivity index is 1.67. The molecule has 1 atom stereocenters. The lowest BCUT2D eigenvalue weighted by Gasteiger charge is -2.38. The first-order valence-electron chi connectivity index (χ1n) is 10.1. The summed E-state index contributed by atoms with van der Waals surface area (Å²) in [5, 5.41) is 8.13. The van der Waals surface area contributed by atoms with Crippen LogP contribution in [-0.4, -0.2) is 20.5 Å². The van der Waals surface area contributed by atoms with Crippen LogP contribution in [0.4, 0.5) is 10.3 Å². The van der Waals surface area contributed by atoms with Gasteiger partial charge in [-0.3, -0.25) is 4.79 Å². The quantitative estimate of drug-likeness (QED) is 0.652. The van der Waals surface area contributed by atoms with E-state index in [4.69, 9.17) is 10.1 Å². The zero-order valence-electron chi connectivity index (χ0n) is 17.2. The highest BCUT2D eigenvalue weighted by Gasteiger charge is 2.41. The van der Waals surface area contributed by atoms with Gasteiger partial charge in [0.25, 0.3) is 0 Å². The molecular formula is C24H23FN4O. The third kappa shape index (κ3) is 3.12. The second kappa shape index (κ2) is 6.62. The molecule has 0 fully saturated rings. The number of anilines is 1. The van der Waals surface area contributed by atoms with E-state index in [0.717, 1.165) is 28.8 Å². The molecule has 0 spiro atoms. The number of carbonyl (C=O) groups is 1. The fourth-order valence-electron chi connectivity index (χ4n) is 4.39. The molecule has 0 saturated carbocycles. The molecule has 2 aliphatic rings. The molecular weight excluding hydrogens is 379 g/mol. The van der Waals surface area contributed by atoms with Gasteiger partial charge in [0, 0.05) is 23.3 Å². The predicted molar refractivity (Wildman–Crippen MR) is 113 cm³/mol. The Morgan fingerprint density at radius 2 is 1.77 bits per heavy atom. The van der Waals surface area contributed by atoms with Gasteiger partial charge >= 0.3 is 0 Å². The Hall–Kier alpha value is -3.28. The number of hydrogen-bond donors (Lipinski definition) is 1. The topological polar surface area (TPSA) is 59.8 Å². The molecule has 0 saturated heterocycles.